The Balaban J connectivity index is 1.48. The molecule has 3 aliphatic rings. The van der Waals surface area contributed by atoms with Crippen molar-refractivity contribution in [1.29, 1.82) is 0 Å². The number of pyridine rings is 1. The molecule has 3 fully saturated rings. The zero-order valence-corrected chi connectivity index (χ0v) is 12.5. The first-order valence-corrected chi connectivity index (χ1v) is 8.41. The van der Waals surface area contributed by atoms with Crippen molar-refractivity contribution < 1.29 is 4.39 Å². The Kier molecular flexibility index (Phi) is 3.57. The number of fused-ring (bicyclic) bond motifs is 2. The van der Waals surface area contributed by atoms with E-state index in [4.69, 9.17) is 0 Å². The molecule has 21 heavy (non-hydrogen) atoms. The van der Waals surface area contributed by atoms with Gasteiger partial charge in [0.2, 0.25) is 0 Å². The molecule has 0 amide bonds. The van der Waals surface area contributed by atoms with Crippen LogP contribution in [-0.2, 0) is 0 Å². The summed E-state index contributed by atoms with van der Waals surface area (Å²) < 4.78 is 13.9. The lowest BCUT2D eigenvalue weighted by Gasteiger charge is -2.50. The average Bonchev–Trinajstić information content (AvgIpc) is 2.53. The lowest BCUT2D eigenvalue weighted by atomic mass is 9.72. The topological polar surface area (TPSA) is 19.4 Å². The molecule has 0 bridgehead atoms. The molecule has 3 atom stereocenters. The molecule has 4 heteroatoms. The van der Waals surface area contributed by atoms with Gasteiger partial charge in [-0.25, -0.2) is 9.37 Å². The third-order valence-corrected chi connectivity index (χ3v) is 5.75. The molecule has 114 valence electrons. The van der Waals surface area contributed by atoms with Crippen LogP contribution in [0.4, 0.5) is 10.2 Å². The summed E-state index contributed by atoms with van der Waals surface area (Å²) in [5.74, 6) is 2.20. The van der Waals surface area contributed by atoms with Crippen LogP contribution >= 0.6 is 0 Å². The van der Waals surface area contributed by atoms with Gasteiger partial charge in [-0.15, -0.1) is 0 Å². The molecular weight excluding hydrogens is 265 g/mol. The Labute approximate surface area is 126 Å². The van der Waals surface area contributed by atoms with E-state index in [1.54, 1.807) is 12.3 Å². The predicted molar refractivity (Wildman–Crippen MR) is 81.8 cm³/mol. The van der Waals surface area contributed by atoms with Crippen LogP contribution in [0.15, 0.2) is 18.3 Å². The Morgan fingerprint density at radius 3 is 2.81 bits per heavy atom. The van der Waals surface area contributed by atoms with Crippen LogP contribution in [0.2, 0.25) is 0 Å². The number of piperidine rings is 1. The zero-order valence-electron chi connectivity index (χ0n) is 12.5. The summed E-state index contributed by atoms with van der Waals surface area (Å²) in [6, 6.07) is 3.79. The fraction of sp³-hybridized carbons (Fsp3) is 0.706. The van der Waals surface area contributed by atoms with Gasteiger partial charge in [-0.1, -0.05) is 19.3 Å². The highest BCUT2D eigenvalue weighted by atomic mass is 19.1. The summed E-state index contributed by atoms with van der Waals surface area (Å²) >= 11 is 0. The molecular formula is C17H24FN3. The number of hydrogen-bond donors (Lipinski definition) is 0. The van der Waals surface area contributed by atoms with E-state index in [0.29, 0.717) is 11.9 Å². The van der Waals surface area contributed by atoms with Gasteiger partial charge in [-0.05, 0) is 36.8 Å². The summed E-state index contributed by atoms with van der Waals surface area (Å²) in [6.07, 6.45) is 8.66. The van der Waals surface area contributed by atoms with Crippen LogP contribution in [0.1, 0.15) is 32.1 Å². The van der Waals surface area contributed by atoms with Crippen LogP contribution in [-0.4, -0.2) is 42.1 Å². The molecule has 0 radical (unpaired) electrons. The molecule has 1 aliphatic carbocycles. The van der Waals surface area contributed by atoms with Crippen molar-refractivity contribution in [1.82, 2.24) is 9.88 Å². The summed E-state index contributed by atoms with van der Waals surface area (Å²) in [6.45, 7) is 4.18. The number of aromatic nitrogens is 1. The number of rotatable bonds is 1. The first-order valence-electron chi connectivity index (χ1n) is 8.41. The Hall–Kier alpha value is -1.16. The first-order chi connectivity index (χ1) is 10.3. The normalized spacial score (nSPS) is 33.4. The third kappa shape index (κ3) is 2.54. The summed E-state index contributed by atoms with van der Waals surface area (Å²) in [5, 5.41) is 0. The largest absolute Gasteiger partial charge is 0.351 e. The smallest absolute Gasteiger partial charge is 0.165 e. The van der Waals surface area contributed by atoms with Crippen molar-refractivity contribution >= 4 is 5.82 Å². The highest BCUT2D eigenvalue weighted by Crippen LogP contribution is 2.39. The van der Waals surface area contributed by atoms with E-state index >= 15 is 0 Å². The monoisotopic (exact) mass is 289 g/mol. The summed E-state index contributed by atoms with van der Waals surface area (Å²) in [7, 11) is 0. The molecule has 3 heterocycles. The van der Waals surface area contributed by atoms with E-state index in [9.17, 15) is 4.39 Å². The number of piperazine rings is 1. The Morgan fingerprint density at radius 2 is 1.95 bits per heavy atom. The van der Waals surface area contributed by atoms with Gasteiger partial charge in [0.25, 0.3) is 0 Å². The van der Waals surface area contributed by atoms with Crippen molar-refractivity contribution in [2.75, 3.05) is 31.1 Å². The fourth-order valence-corrected chi connectivity index (χ4v) is 4.65. The number of anilines is 1. The highest BCUT2D eigenvalue weighted by Gasteiger charge is 2.39. The lowest BCUT2D eigenvalue weighted by Crippen LogP contribution is -2.59. The minimum absolute atomic E-state index is 0.183. The van der Waals surface area contributed by atoms with Gasteiger partial charge in [-0.3, -0.25) is 4.90 Å². The van der Waals surface area contributed by atoms with E-state index in [1.807, 2.05) is 0 Å². The molecule has 1 aromatic heterocycles. The minimum Gasteiger partial charge on any atom is -0.351 e. The van der Waals surface area contributed by atoms with Crippen molar-refractivity contribution in [2.24, 2.45) is 11.8 Å². The maximum atomic E-state index is 13.9. The van der Waals surface area contributed by atoms with Crippen molar-refractivity contribution in [3.8, 4) is 0 Å². The van der Waals surface area contributed by atoms with Gasteiger partial charge in [-0.2, -0.15) is 0 Å². The average molecular weight is 289 g/mol. The maximum Gasteiger partial charge on any atom is 0.165 e. The molecule has 1 saturated carbocycles. The van der Waals surface area contributed by atoms with Crippen LogP contribution in [0.5, 0.6) is 0 Å². The standard InChI is InChI=1S/C17H24FN3/c18-16-6-3-7-19-17(16)21-9-8-20-11-14-5-2-1-4-13(14)10-15(20)12-21/h3,6-7,13-15H,1-2,4-5,8-12H2/t13-,14+,15-/m0/s1. The van der Waals surface area contributed by atoms with E-state index in [0.717, 1.165) is 31.5 Å². The quantitative estimate of drug-likeness (QED) is 0.792. The van der Waals surface area contributed by atoms with E-state index < -0.39 is 0 Å². The molecule has 3 nitrogen and oxygen atoms in total. The highest BCUT2D eigenvalue weighted by molar-refractivity contribution is 5.40. The summed E-state index contributed by atoms with van der Waals surface area (Å²) in [4.78, 5) is 9.06. The molecule has 0 aromatic carbocycles. The zero-order chi connectivity index (χ0) is 14.2. The van der Waals surface area contributed by atoms with Gasteiger partial charge in [0.1, 0.15) is 0 Å². The second-order valence-corrected chi connectivity index (χ2v) is 6.94. The maximum absolute atomic E-state index is 13.9. The van der Waals surface area contributed by atoms with E-state index in [1.165, 1.54) is 44.7 Å². The number of halogens is 1. The van der Waals surface area contributed by atoms with Gasteiger partial charge < -0.3 is 4.90 Å². The molecule has 1 aromatic rings. The van der Waals surface area contributed by atoms with Crippen LogP contribution < -0.4 is 4.90 Å². The number of hydrogen-bond acceptors (Lipinski definition) is 3. The van der Waals surface area contributed by atoms with Crippen LogP contribution in [0.25, 0.3) is 0 Å². The van der Waals surface area contributed by atoms with Gasteiger partial charge >= 0.3 is 0 Å². The SMILES string of the molecule is Fc1cccnc1N1CCN2C[C@H]3CCCC[C@H]3C[C@H]2C1. The van der Waals surface area contributed by atoms with Gasteiger partial charge in [0, 0.05) is 38.4 Å². The van der Waals surface area contributed by atoms with E-state index in [2.05, 4.69) is 14.8 Å². The Bertz CT molecular complexity index is 507. The molecule has 4 rings (SSSR count). The van der Waals surface area contributed by atoms with Crippen LogP contribution in [0.3, 0.4) is 0 Å². The second kappa shape index (κ2) is 5.56. The third-order valence-electron chi connectivity index (χ3n) is 5.75. The van der Waals surface area contributed by atoms with Crippen molar-refractivity contribution in [2.45, 2.75) is 38.1 Å². The molecule has 0 N–H and O–H groups in total. The molecule has 0 unspecified atom stereocenters. The predicted octanol–water partition coefficient (Wildman–Crippen LogP) is 2.92. The summed E-state index contributed by atoms with van der Waals surface area (Å²) in [5.41, 5.74) is 0. The van der Waals surface area contributed by atoms with E-state index in [-0.39, 0.29) is 5.82 Å². The van der Waals surface area contributed by atoms with Crippen molar-refractivity contribution in [3.05, 3.63) is 24.1 Å². The second-order valence-electron chi connectivity index (χ2n) is 6.94. The molecule has 2 saturated heterocycles. The molecule has 2 aliphatic heterocycles. The Morgan fingerprint density at radius 1 is 1.10 bits per heavy atom. The van der Waals surface area contributed by atoms with Gasteiger partial charge in [0.15, 0.2) is 11.6 Å². The fourth-order valence-electron chi connectivity index (χ4n) is 4.65. The van der Waals surface area contributed by atoms with Crippen molar-refractivity contribution in [3.63, 3.8) is 0 Å². The minimum atomic E-state index is -0.183. The van der Waals surface area contributed by atoms with Crippen LogP contribution in [0, 0.1) is 17.7 Å². The lowest BCUT2D eigenvalue weighted by molar-refractivity contribution is 0.0318. The van der Waals surface area contributed by atoms with Gasteiger partial charge in [0.05, 0.1) is 0 Å². The first kappa shape index (κ1) is 13.5. The molecule has 0 spiro atoms. The number of nitrogens with zero attached hydrogens (tertiary/aromatic N) is 3.